The Kier molecular flexibility index (Phi) is 5.30. The lowest BCUT2D eigenvalue weighted by Gasteiger charge is -2.19. The Balaban J connectivity index is 1.93. The van der Waals surface area contributed by atoms with Crippen molar-refractivity contribution < 1.29 is 9.72 Å². The predicted octanol–water partition coefficient (Wildman–Crippen LogP) is 2.57. The van der Waals surface area contributed by atoms with Gasteiger partial charge in [-0.25, -0.2) is 0 Å². The molecule has 0 heterocycles. The Bertz CT molecular complexity index is 546. The van der Waals surface area contributed by atoms with Crippen LogP contribution >= 0.6 is 15.9 Å². The zero-order valence-electron chi connectivity index (χ0n) is 11.8. The van der Waals surface area contributed by atoms with Crippen molar-refractivity contribution in [1.82, 2.24) is 10.2 Å². The van der Waals surface area contributed by atoms with E-state index in [-0.39, 0.29) is 11.6 Å². The van der Waals surface area contributed by atoms with Gasteiger partial charge >= 0.3 is 0 Å². The second-order valence-corrected chi connectivity index (χ2v) is 5.89. The summed E-state index contributed by atoms with van der Waals surface area (Å²) in [5.74, 6) is -0.294. The van der Waals surface area contributed by atoms with Crippen LogP contribution in [0.4, 0.5) is 5.69 Å². The topological polar surface area (TPSA) is 75.5 Å². The first kappa shape index (κ1) is 15.9. The number of nitrogens with one attached hydrogen (secondary N) is 1. The first-order valence-electron chi connectivity index (χ1n) is 6.99. The Labute approximate surface area is 131 Å². The van der Waals surface area contributed by atoms with E-state index >= 15 is 0 Å². The Hall–Kier alpha value is -1.47. The Morgan fingerprint density at radius 3 is 2.81 bits per heavy atom. The van der Waals surface area contributed by atoms with Crippen molar-refractivity contribution in [2.24, 2.45) is 0 Å². The molecule has 0 atom stereocenters. The number of hydrogen-bond acceptors (Lipinski definition) is 4. The van der Waals surface area contributed by atoms with Crippen LogP contribution in [-0.4, -0.2) is 41.4 Å². The number of benzene rings is 1. The lowest BCUT2D eigenvalue weighted by Crippen LogP contribution is -2.36. The van der Waals surface area contributed by atoms with Gasteiger partial charge in [-0.05, 0) is 41.4 Å². The molecular weight excluding hydrogens is 338 g/mol. The van der Waals surface area contributed by atoms with Crippen molar-refractivity contribution in [3.8, 4) is 0 Å². The molecule has 1 aromatic rings. The first-order valence-corrected chi connectivity index (χ1v) is 7.78. The normalized spacial score (nSPS) is 14.2. The Morgan fingerprint density at radius 2 is 2.24 bits per heavy atom. The number of likely N-dealkylation sites (N-methyl/N-ethyl adjacent to an activating group) is 1. The van der Waals surface area contributed by atoms with E-state index < -0.39 is 4.92 Å². The molecule has 114 valence electrons. The van der Waals surface area contributed by atoms with E-state index in [2.05, 4.69) is 33.1 Å². The van der Waals surface area contributed by atoms with Crippen molar-refractivity contribution >= 4 is 27.5 Å². The van der Waals surface area contributed by atoms with Gasteiger partial charge in [0, 0.05) is 35.7 Å². The van der Waals surface area contributed by atoms with Gasteiger partial charge in [0.15, 0.2) is 0 Å². The van der Waals surface area contributed by atoms with Crippen LogP contribution in [-0.2, 0) is 0 Å². The molecule has 0 spiro atoms. The van der Waals surface area contributed by atoms with E-state index in [1.165, 1.54) is 31.0 Å². The fraction of sp³-hybridized carbons (Fsp3) is 0.500. The summed E-state index contributed by atoms with van der Waals surface area (Å²) in [6.45, 7) is 4.43. The minimum absolute atomic E-state index is 0.0866. The summed E-state index contributed by atoms with van der Waals surface area (Å²) in [5.41, 5.74) is 0.204. The van der Waals surface area contributed by atoms with Crippen molar-refractivity contribution in [1.29, 1.82) is 0 Å². The first-order chi connectivity index (χ1) is 10.0. The van der Waals surface area contributed by atoms with Crippen molar-refractivity contribution in [3.63, 3.8) is 0 Å². The van der Waals surface area contributed by atoms with E-state index in [1.807, 2.05) is 0 Å². The molecule has 1 saturated carbocycles. The molecule has 2 rings (SSSR count). The number of rotatable bonds is 7. The number of hydrogen-bond donors (Lipinski definition) is 1. The van der Waals surface area contributed by atoms with Crippen molar-refractivity contribution in [2.75, 3.05) is 19.6 Å². The van der Waals surface area contributed by atoms with Crippen molar-refractivity contribution in [3.05, 3.63) is 38.3 Å². The summed E-state index contributed by atoms with van der Waals surface area (Å²) in [6.07, 6.45) is 2.47. The maximum Gasteiger partial charge on any atom is 0.270 e. The van der Waals surface area contributed by atoms with Gasteiger partial charge in [0.2, 0.25) is 0 Å². The number of carbonyl (C=O) groups is 1. The molecule has 1 amide bonds. The molecule has 0 unspecified atom stereocenters. The minimum Gasteiger partial charge on any atom is -0.351 e. The van der Waals surface area contributed by atoms with Crippen LogP contribution in [0, 0.1) is 10.1 Å². The standard InChI is InChI=1S/C14H18BrN3O3/c1-2-17(10-3-4-10)8-7-16-14(19)12-9-11(18(20)21)5-6-13(12)15/h5-6,9-10H,2-4,7-8H2,1H3,(H,16,19). The number of nitrogens with zero attached hydrogens (tertiary/aromatic N) is 2. The molecular formula is C14H18BrN3O3. The molecule has 0 aromatic heterocycles. The number of nitro groups is 1. The average molecular weight is 356 g/mol. The lowest BCUT2D eigenvalue weighted by molar-refractivity contribution is -0.384. The zero-order valence-corrected chi connectivity index (χ0v) is 13.4. The van der Waals surface area contributed by atoms with Gasteiger partial charge in [-0.2, -0.15) is 0 Å². The molecule has 7 heteroatoms. The van der Waals surface area contributed by atoms with Crippen LogP contribution in [0.2, 0.25) is 0 Å². The van der Waals surface area contributed by atoms with Crippen LogP contribution < -0.4 is 5.32 Å². The monoisotopic (exact) mass is 355 g/mol. The lowest BCUT2D eigenvalue weighted by atomic mass is 10.2. The van der Waals surface area contributed by atoms with Gasteiger partial charge in [-0.3, -0.25) is 19.8 Å². The number of nitro benzene ring substituents is 1. The highest BCUT2D eigenvalue weighted by molar-refractivity contribution is 9.10. The molecule has 0 bridgehead atoms. The van der Waals surface area contributed by atoms with Crippen LogP contribution in [0.15, 0.2) is 22.7 Å². The molecule has 6 nitrogen and oxygen atoms in total. The molecule has 21 heavy (non-hydrogen) atoms. The van der Waals surface area contributed by atoms with Gasteiger partial charge in [-0.1, -0.05) is 6.92 Å². The molecule has 1 aliphatic carbocycles. The average Bonchev–Trinajstić information content (AvgIpc) is 3.28. The summed E-state index contributed by atoms with van der Waals surface area (Å²) in [6, 6.07) is 4.84. The Morgan fingerprint density at radius 1 is 1.52 bits per heavy atom. The third-order valence-electron chi connectivity index (χ3n) is 3.56. The van der Waals surface area contributed by atoms with E-state index in [0.29, 0.717) is 22.6 Å². The number of non-ortho nitro benzene ring substituents is 1. The van der Waals surface area contributed by atoms with E-state index in [1.54, 1.807) is 0 Å². The summed E-state index contributed by atoms with van der Waals surface area (Å²) >= 11 is 3.25. The zero-order chi connectivity index (χ0) is 15.4. The van der Waals surface area contributed by atoms with Crippen molar-refractivity contribution in [2.45, 2.75) is 25.8 Å². The summed E-state index contributed by atoms with van der Waals surface area (Å²) in [4.78, 5) is 24.7. The predicted molar refractivity (Wildman–Crippen MR) is 83.4 cm³/mol. The van der Waals surface area contributed by atoms with Crippen LogP contribution in [0.3, 0.4) is 0 Å². The summed E-state index contributed by atoms with van der Waals surface area (Å²) in [7, 11) is 0. The van der Waals surface area contributed by atoms with Gasteiger partial charge < -0.3 is 5.32 Å². The van der Waals surface area contributed by atoms with Gasteiger partial charge in [-0.15, -0.1) is 0 Å². The molecule has 0 aliphatic heterocycles. The van der Waals surface area contributed by atoms with Gasteiger partial charge in [0.25, 0.3) is 11.6 Å². The highest BCUT2D eigenvalue weighted by Crippen LogP contribution is 2.26. The number of carbonyl (C=O) groups excluding carboxylic acids is 1. The maximum atomic E-state index is 12.1. The van der Waals surface area contributed by atoms with Gasteiger partial charge in [0.1, 0.15) is 0 Å². The second-order valence-electron chi connectivity index (χ2n) is 5.04. The van der Waals surface area contributed by atoms with E-state index in [0.717, 1.165) is 13.1 Å². The summed E-state index contributed by atoms with van der Waals surface area (Å²) < 4.78 is 0.556. The van der Waals surface area contributed by atoms with E-state index in [4.69, 9.17) is 0 Å². The third kappa shape index (κ3) is 4.25. The maximum absolute atomic E-state index is 12.1. The molecule has 1 N–H and O–H groups in total. The third-order valence-corrected chi connectivity index (χ3v) is 4.25. The number of amides is 1. The molecule has 1 fully saturated rings. The van der Waals surface area contributed by atoms with Crippen LogP contribution in [0.25, 0.3) is 0 Å². The number of halogens is 1. The SMILES string of the molecule is CCN(CCNC(=O)c1cc([N+](=O)[O-])ccc1Br)C1CC1. The smallest absolute Gasteiger partial charge is 0.270 e. The fourth-order valence-electron chi connectivity index (χ4n) is 2.25. The molecule has 0 saturated heterocycles. The quantitative estimate of drug-likeness (QED) is 0.602. The van der Waals surface area contributed by atoms with Gasteiger partial charge in [0.05, 0.1) is 10.5 Å². The highest BCUT2D eigenvalue weighted by atomic mass is 79.9. The molecule has 0 radical (unpaired) electrons. The highest BCUT2D eigenvalue weighted by Gasteiger charge is 2.27. The molecule has 1 aliphatic rings. The summed E-state index contributed by atoms with van der Waals surface area (Å²) in [5, 5.41) is 13.6. The van der Waals surface area contributed by atoms with E-state index in [9.17, 15) is 14.9 Å². The largest absolute Gasteiger partial charge is 0.351 e. The minimum atomic E-state index is -0.505. The fourth-order valence-corrected chi connectivity index (χ4v) is 2.67. The molecule has 1 aromatic carbocycles. The van der Waals surface area contributed by atoms with Crippen LogP contribution in [0.5, 0.6) is 0 Å². The second kappa shape index (κ2) is 7.00. The van der Waals surface area contributed by atoms with Crippen LogP contribution in [0.1, 0.15) is 30.1 Å².